The molecule has 1 saturated heterocycles. The molecule has 102 valence electrons. The van der Waals surface area contributed by atoms with E-state index in [-0.39, 0.29) is 6.29 Å². The number of morpholine rings is 1. The number of ether oxygens (including phenoxy) is 3. The highest BCUT2D eigenvalue weighted by Gasteiger charge is 2.29. The van der Waals surface area contributed by atoms with Gasteiger partial charge >= 0.3 is 0 Å². The summed E-state index contributed by atoms with van der Waals surface area (Å²) in [6.45, 7) is 5.35. The van der Waals surface area contributed by atoms with Gasteiger partial charge in [-0.3, -0.25) is 4.90 Å². The molecule has 5 heteroatoms. The van der Waals surface area contributed by atoms with E-state index in [0.717, 1.165) is 32.6 Å². The minimum absolute atomic E-state index is 0.177. The van der Waals surface area contributed by atoms with E-state index in [4.69, 9.17) is 19.9 Å². The molecule has 0 aromatic rings. The summed E-state index contributed by atoms with van der Waals surface area (Å²) in [6, 6.07) is 0.764. The quantitative estimate of drug-likeness (QED) is 0.660. The molecule has 1 aliphatic rings. The molecular formula is C12H26N2O3. The molecular weight excluding hydrogens is 220 g/mol. The van der Waals surface area contributed by atoms with Crippen LogP contribution in [0.5, 0.6) is 0 Å². The fraction of sp³-hybridized carbons (Fsp3) is 1.00. The van der Waals surface area contributed by atoms with Crippen LogP contribution >= 0.6 is 0 Å². The third-order valence-corrected chi connectivity index (χ3v) is 3.48. The summed E-state index contributed by atoms with van der Waals surface area (Å²) in [5.41, 5.74) is 5.88. The lowest BCUT2D eigenvalue weighted by atomic mass is 10.1. The van der Waals surface area contributed by atoms with Crippen LogP contribution in [-0.4, -0.2) is 63.8 Å². The minimum atomic E-state index is -0.177. The lowest BCUT2D eigenvalue weighted by molar-refractivity contribution is -0.125. The minimum Gasteiger partial charge on any atom is -0.378 e. The monoisotopic (exact) mass is 246 g/mol. The molecule has 0 aromatic carbocycles. The number of hydrogen-bond acceptors (Lipinski definition) is 5. The summed E-state index contributed by atoms with van der Waals surface area (Å²) in [6.07, 6.45) is 1.71. The molecule has 0 saturated carbocycles. The maximum atomic E-state index is 5.88. The summed E-state index contributed by atoms with van der Waals surface area (Å²) in [4.78, 5) is 2.44. The van der Waals surface area contributed by atoms with Gasteiger partial charge in [-0.2, -0.15) is 0 Å². The molecule has 0 aliphatic carbocycles. The van der Waals surface area contributed by atoms with Crippen molar-refractivity contribution < 1.29 is 14.2 Å². The molecule has 1 rings (SSSR count). The average molecular weight is 246 g/mol. The lowest BCUT2D eigenvalue weighted by Gasteiger charge is -2.41. The largest absolute Gasteiger partial charge is 0.378 e. The zero-order chi connectivity index (χ0) is 12.7. The van der Waals surface area contributed by atoms with Gasteiger partial charge in [0, 0.05) is 45.8 Å². The number of nitrogens with zero attached hydrogens (tertiary/aromatic N) is 1. The van der Waals surface area contributed by atoms with Crippen LogP contribution in [0.15, 0.2) is 0 Å². The molecule has 1 heterocycles. The third-order valence-electron chi connectivity index (χ3n) is 3.48. The highest BCUT2D eigenvalue weighted by atomic mass is 16.7. The second-order valence-electron chi connectivity index (χ2n) is 4.40. The van der Waals surface area contributed by atoms with Crippen molar-refractivity contribution in [3.8, 4) is 0 Å². The van der Waals surface area contributed by atoms with Crippen LogP contribution < -0.4 is 5.73 Å². The number of methoxy groups -OCH3 is 2. The van der Waals surface area contributed by atoms with E-state index in [1.165, 1.54) is 0 Å². The molecule has 0 bridgehead atoms. The van der Waals surface area contributed by atoms with Gasteiger partial charge in [0.2, 0.25) is 0 Å². The summed E-state index contributed by atoms with van der Waals surface area (Å²) < 4.78 is 16.0. The predicted molar refractivity (Wildman–Crippen MR) is 66.9 cm³/mol. The van der Waals surface area contributed by atoms with Crippen molar-refractivity contribution >= 4 is 0 Å². The first-order chi connectivity index (χ1) is 8.26. The second-order valence-corrected chi connectivity index (χ2v) is 4.40. The van der Waals surface area contributed by atoms with Gasteiger partial charge in [0.1, 0.15) is 0 Å². The highest BCUT2D eigenvalue weighted by molar-refractivity contribution is 4.82. The van der Waals surface area contributed by atoms with Gasteiger partial charge in [-0.1, -0.05) is 6.92 Å². The van der Waals surface area contributed by atoms with Gasteiger partial charge in [0.25, 0.3) is 0 Å². The first kappa shape index (κ1) is 14.9. The first-order valence-corrected chi connectivity index (χ1v) is 6.35. The van der Waals surface area contributed by atoms with Gasteiger partial charge in [-0.15, -0.1) is 0 Å². The zero-order valence-corrected chi connectivity index (χ0v) is 11.2. The van der Waals surface area contributed by atoms with Gasteiger partial charge in [-0.05, 0) is 6.42 Å². The van der Waals surface area contributed by atoms with Crippen LogP contribution in [0.3, 0.4) is 0 Å². The van der Waals surface area contributed by atoms with E-state index in [1.54, 1.807) is 14.2 Å². The SMILES string of the molecule is CCC1COCCN1C(CN)CC(OC)OC. The molecule has 0 spiro atoms. The second kappa shape index (κ2) is 8.00. The Morgan fingerprint density at radius 1 is 1.41 bits per heavy atom. The fourth-order valence-electron chi connectivity index (χ4n) is 2.38. The standard InChI is InChI=1S/C12H26N2O3/c1-4-10-9-17-6-5-14(10)11(8-13)7-12(15-2)16-3/h10-12H,4-9,13H2,1-3H3. The topological polar surface area (TPSA) is 57.0 Å². The Kier molecular flexibility index (Phi) is 6.99. The Labute approximate surface area is 104 Å². The molecule has 0 amide bonds. The Hall–Kier alpha value is -0.200. The Bertz CT molecular complexity index is 200. The van der Waals surface area contributed by atoms with E-state index in [9.17, 15) is 0 Å². The van der Waals surface area contributed by atoms with Crippen LogP contribution in [0.1, 0.15) is 19.8 Å². The average Bonchev–Trinajstić information content (AvgIpc) is 2.40. The Morgan fingerprint density at radius 2 is 2.12 bits per heavy atom. The first-order valence-electron chi connectivity index (χ1n) is 6.35. The fourth-order valence-corrected chi connectivity index (χ4v) is 2.38. The van der Waals surface area contributed by atoms with Crippen molar-refractivity contribution in [2.24, 2.45) is 5.73 Å². The molecule has 17 heavy (non-hydrogen) atoms. The molecule has 2 N–H and O–H groups in total. The smallest absolute Gasteiger partial charge is 0.158 e. The van der Waals surface area contributed by atoms with Gasteiger partial charge in [0.05, 0.1) is 13.2 Å². The molecule has 1 aliphatic heterocycles. The van der Waals surface area contributed by atoms with Gasteiger partial charge in [0.15, 0.2) is 6.29 Å². The lowest BCUT2D eigenvalue weighted by Crippen LogP contribution is -2.54. The maximum absolute atomic E-state index is 5.88. The van der Waals surface area contributed by atoms with Crippen LogP contribution in [0.4, 0.5) is 0 Å². The third kappa shape index (κ3) is 4.19. The van der Waals surface area contributed by atoms with E-state index < -0.39 is 0 Å². The summed E-state index contributed by atoms with van der Waals surface area (Å²) >= 11 is 0. The molecule has 5 nitrogen and oxygen atoms in total. The van der Waals surface area contributed by atoms with Gasteiger partial charge in [-0.25, -0.2) is 0 Å². The summed E-state index contributed by atoms with van der Waals surface area (Å²) in [5.74, 6) is 0. The molecule has 2 unspecified atom stereocenters. The molecule has 2 atom stereocenters. The Balaban J connectivity index is 2.57. The number of nitrogens with two attached hydrogens (primary N) is 1. The van der Waals surface area contributed by atoms with Crippen LogP contribution in [0.25, 0.3) is 0 Å². The van der Waals surface area contributed by atoms with Crippen molar-refractivity contribution in [2.45, 2.75) is 38.1 Å². The number of hydrogen-bond donors (Lipinski definition) is 1. The summed E-state index contributed by atoms with van der Waals surface area (Å²) in [5, 5.41) is 0. The highest BCUT2D eigenvalue weighted by Crippen LogP contribution is 2.17. The van der Waals surface area contributed by atoms with E-state index in [2.05, 4.69) is 11.8 Å². The summed E-state index contributed by atoms with van der Waals surface area (Å²) in [7, 11) is 3.33. The molecule has 0 radical (unpaired) electrons. The normalized spacial score (nSPS) is 24.2. The van der Waals surface area contributed by atoms with Crippen molar-refractivity contribution in [2.75, 3.05) is 40.5 Å². The van der Waals surface area contributed by atoms with Crippen LogP contribution in [0, 0.1) is 0 Å². The molecule has 1 fully saturated rings. The Morgan fingerprint density at radius 3 is 2.65 bits per heavy atom. The van der Waals surface area contributed by atoms with Crippen molar-refractivity contribution in [3.05, 3.63) is 0 Å². The van der Waals surface area contributed by atoms with Crippen molar-refractivity contribution in [3.63, 3.8) is 0 Å². The van der Waals surface area contributed by atoms with Crippen LogP contribution in [0.2, 0.25) is 0 Å². The van der Waals surface area contributed by atoms with E-state index >= 15 is 0 Å². The van der Waals surface area contributed by atoms with Gasteiger partial charge < -0.3 is 19.9 Å². The van der Waals surface area contributed by atoms with Crippen molar-refractivity contribution in [1.29, 1.82) is 0 Å². The van der Waals surface area contributed by atoms with E-state index in [0.29, 0.717) is 18.6 Å². The van der Waals surface area contributed by atoms with E-state index in [1.807, 2.05) is 0 Å². The molecule has 0 aromatic heterocycles. The van der Waals surface area contributed by atoms with Crippen molar-refractivity contribution in [1.82, 2.24) is 4.90 Å². The predicted octanol–water partition coefficient (Wildman–Crippen LogP) is 0.434. The maximum Gasteiger partial charge on any atom is 0.158 e. The van der Waals surface area contributed by atoms with Crippen LogP contribution in [-0.2, 0) is 14.2 Å². The zero-order valence-electron chi connectivity index (χ0n) is 11.2. The number of rotatable bonds is 7.